The number of aryl methyl sites for hydroxylation is 1. The quantitative estimate of drug-likeness (QED) is 0.570. The molecule has 0 spiro atoms. The minimum absolute atomic E-state index is 0.0406. The summed E-state index contributed by atoms with van der Waals surface area (Å²) < 4.78 is 8.41. The third-order valence-electron chi connectivity index (χ3n) is 7.85. The highest BCUT2D eigenvalue weighted by Gasteiger charge is 2.48. The zero-order chi connectivity index (χ0) is 25.5. The zero-order valence-electron chi connectivity index (χ0n) is 22.2. The molecule has 6 nitrogen and oxygen atoms in total. The number of hydrogen-bond donors (Lipinski definition) is 1. The Balaban J connectivity index is 1.85. The van der Waals surface area contributed by atoms with Crippen LogP contribution in [0, 0.1) is 16.2 Å². The van der Waals surface area contributed by atoms with Gasteiger partial charge in [-0.3, -0.25) is 4.79 Å². The number of amides is 1. The number of hydrogen-bond acceptors (Lipinski definition) is 3. The van der Waals surface area contributed by atoms with Crippen LogP contribution >= 0.6 is 0 Å². The van der Waals surface area contributed by atoms with Crippen LogP contribution < -0.4 is 0 Å². The lowest BCUT2D eigenvalue weighted by atomic mass is 9.60. The van der Waals surface area contributed by atoms with Gasteiger partial charge in [-0.25, -0.2) is 4.79 Å². The molecule has 0 fully saturated rings. The molecule has 0 saturated heterocycles. The van der Waals surface area contributed by atoms with E-state index < -0.39 is 5.97 Å². The van der Waals surface area contributed by atoms with Crippen LogP contribution in [0.25, 0.3) is 10.9 Å². The van der Waals surface area contributed by atoms with Gasteiger partial charge in [0.05, 0.1) is 6.42 Å². The number of nitrogens with zero attached hydrogens (tertiary/aromatic N) is 2. The van der Waals surface area contributed by atoms with Gasteiger partial charge in [0.2, 0.25) is 0 Å². The molecule has 1 aromatic heterocycles. The van der Waals surface area contributed by atoms with E-state index in [1.165, 1.54) is 5.56 Å². The molecule has 1 atom stereocenters. The summed E-state index contributed by atoms with van der Waals surface area (Å²) in [5.41, 5.74) is 2.97. The topological polar surface area (TPSA) is 71.8 Å². The number of carboxylic acids is 1. The first kappa shape index (κ1) is 26.1. The average molecular weight is 471 g/mol. The van der Waals surface area contributed by atoms with Crippen molar-refractivity contribution < 1.29 is 19.4 Å². The van der Waals surface area contributed by atoms with Crippen molar-refractivity contribution in [1.82, 2.24) is 9.47 Å². The Morgan fingerprint density at radius 2 is 1.62 bits per heavy atom. The monoisotopic (exact) mass is 470 g/mol. The maximum Gasteiger partial charge on any atom is 0.410 e. The Kier molecular flexibility index (Phi) is 7.12. The van der Waals surface area contributed by atoms with Crippen molar-refractivity contribution in [1.29, 1.82) is 0 Å². The fourth-order valence-corrected chi connectivity index (χ4v) is 5.21. The standard InChI is InChI=1S/C28H42N2O4/c1-26(2,3)24(28(7,8)27(4,5)6)34-25(33)29-16-13-20-19-11-9-10-12-21(19)30(18-15-23(31)32)22(20)14-17-29/h9-12,24H,13-18H2,1-8H3,(H,31,32). The van der Waals surface area contributed by atoms with Gasteiger partial charge in [0.1, 0.15) is 6.10 Å². The minimum Gasteiger partial charge on any atom is -0.481 e. The molecule has 34 heavy (non-hydrogen) atoms. The lowest BCUT2D eigenvalue weighted by Crippen LogP contribution is -2.51. The molecule has 0 radical (unpaired) electrons. The second kappa shape index (κ2) is 9.27. The molecule has 6 heteroatoms. The van der Waals surface area contributed by atoms with Crippen LogP contribution in [-0.4, -0.2) is 45.8 Å². The number of fused-ring (bicyclic) bond motifs is 3. The molecular formula is C28H42N2O4. The molecule has 1 aliphatic rings. The van der Waals surface area contributed by atoms with Crippen LogP contribution in [-0.2, 0) is 28.9 Å². The van der Waals surface area contributed by atoms with Crippen molar-refractivity contribution in [2.45, 2.75) is 87.3 Å². The van der Waals surface area contributed by atoms with E-state index in [9.17, 15) is 14.7 Å². The highest BCUT2D eigenvalue weighted by atomic mass is 16.6. The number of aliphatic carboxylic acids is 1. The SMILES string of the molecule is CC(C)(C)C(OC(=O)N1CCc2c(n(CCC(=O)O)c3ccccc23)CC1)C(C)(C)C(C)(C)C. The van der Waals surface area contributed by atoms with Crippen LogP contribution in [0.2, 0.25) is 0 Å². The highest BCUT2D eigenvalue weighted by Crippen LogP contribution is 2.48. The third-order valence-corrected chi connectivity index (χ3v) is 7.85. The Labute approximate surface area is 204 Å². The summed E-state index contributed by atoms with van der Waals surface area (Å²) in [6.45, 7) is 18.9. The number of carbonyl (C=O) groups excluding carboxylic acids is 1. The summed E-state index contributed by atoms with van der Waals surface area (Å²) >= 11 is 0. The van der Waals surface area contributed by atoms with Crippen LogP contribution in [0.15, 0.2) is 24.3 Å². The molecule has 1 N–H and O–H groups in total. The van der Waals surface area contributed by atoms with Crippen molar-refractivity contribution in [3.05, 3.63) is 35.5 Å². The van der Waals surface area contributed by atoms with Gasteiger partial charge in [0.25, 0.3) is 0 Å². The van der Waals surface area contributed by atoms with Gasteiger partial charge in [-0.1, -0.05) is 73.6 Å². The minimum atomic E-state index is -0.806. The Bertz CT molecular complexity index is 1050. The summed E-state index contributed by atoms with van der Waals surface area (Å²) in [5.74, 6) is -0.806. The Morgan fingerprint density at radius 1 is 1.00 bits per heavy atom. The third kappa shape index (κ3) is 5.11. The summed E-state index contributed by atoms with van der Waals surface area (Å²) in [6, 6.07) is 8.16. The number of benzene rings is 1. The largest absolute Gasteiger partial charge is 0.481 e. The van der Waals surface area contributed by atoms with Crippen LogP contribution in [0.5, 0.6) is 0 Å². The predicted molar refractivity (Wildman–Crippen MR) is 136 cm³/mol. The summed E-state index contributed by atoms with van der Waals surface area (Å²) in [7, 11) is 0. The van der Waals surface area contributed by atoms with E-state index in [2.05, 4.69) is 72.1 Å². The van der Waals surface area contributed by atoms with Crippen molar-refractivity contribution in [2.24, 2.45) is 16.2 Å². The molecule has 2 aromatic rings. The normalized spacial score (nSPS) is 16.2. The highest BCUT2D eigenvalue weighted by molar-refractivity contribution is 5.86. The number of carboxylic acid groups (broad SMARTS) is 1. The lowest BCUT2D eigenvalue weighted by Gasteiger charge is -2.49. The van der Waals surface area contributed by atoms with Crippen molar-refractivity contribution >= 4 is 23.0 Å². The predicted octanol–water partition coefficient (Wildman–Crippen LogP) is 6.14. The van der Waals surface area contributed by atoms with E-state index in [1.54, 1.807) is 0 Å². The van der Waals surface area contributed by atoms with E-state index in [0.717, 1.165) is 23.0 Å². The molecule has 0 saturated carbocycles. The molecule has 0 bridgehead atoms. The van der Waals surface area contributed by atoms with Gasteiger partial charge in [-0.15, -0.1) is 0 Å². The van der Waals surface area contributed by atoms with Crippen LogP contribution in [0.3, 0.4) is 0 Å². The first-order valence-corrected chi connectivity index (χ1v) is 12.4. The van der Waals surface area contributed by atoms with Crippen molar-refractivity contribution in [3.63, 3.8) is 0 Å². The van der Waals surface area contributed by atoms with Crippen molar-refractivity contribution in [2.75, 3.05) is 13.1 Å². The number of aromatic nitrogens is 1. The van der Waals surface area contributed by atoms with Gasteiger partial charge < -0.3 is 19.3 Å². The first-order chi connectivity index (χ1) is 15.6. The first-order valence-electron chi connectivity index (χ1n) is 12.4. The zero-order valence-corrected chi connectivity index (χ0v) is 22.2. The van der Waals surface area contributed by atoms with Crippen LogP contribution in [0.1, 0.15) is 73.1 Å². The second-order valence-corrected chi connectivity index (χ2v) is 12.3. The molecular weight excluding hydrogens is 428 g/mol. The second-order valence-electron chi connectivity index (χ2n) is 12.3. The number of ether oxygens (including phenoxy) is 1. The van der Waals surface area contributed by atoms with Gasteiger partial charge >= 0.3 is 12.1 Å². The van der Waals surface area contributed by atoms with E-state index in [1.807, 2.05) is 17.0 Å². The number of para-hydroxylation sites is 1. The smallest absolute Gasteiger partial charge is 0.410 e. The Morgan fingerprint density at radius 3 is 2.21 bits per heavy atom. The summed E-state index contributed by atoms with van der Waals surface area (Å²) in [5, 5.41) is 10.4. The lowest BCUT2D eigenvalue weighted by molar-refractivity contribution is -0.137. The summed E-state index contributed by atoms with van der Waals surface area (Å²) in [4.78, 5) is 26.5. The molecule has 188 valence electrons. The molecule has 1 unspecified atom stereocenters. The molecule has 3 rings (SSSR count). The fraction of sp³-hybridized carbons (Fsp3) is 0.643. The maximum atomic E-state index is 13.4. The van der Waals surface area contributed by atoms with E-state index in [0.29, 0.717) is 26.1 Å². The van der Waals surface area contributed by atoms with Gasteiger partial charge in [0.15, 0.2) is 0 Å². The number of rotatable bonds is 5. The Hall–Kier alpha value is -2.50. The molecule has 1 amide bonds. The van der Waals surface area contributed by atoms with Crippen LogP contribution in [0.4, 0.5) is 4.79 Å². The van der Waals surface area contributed by atoms with E-state index in [-0.39, 0.29) is 34.9 Å². The molecule has 1 aliphatic heterocycles. The van der Waals surface area contributed by atoms with Gasteiger partial charge in [0, 0.05) is 48.1 Å². The van der Waals surface area contributed by atoms with Gasteiger partial charge in [-0.05, 0) is 28.9 Å². The molecule has 0 aliphatic carbocycles. The average Bonchev–Trinajstić information content (AvgIpc) is 2.85. The van der Waals surface area contributed by atoms with Crippen molar-refractivity contribution in [3.8, 4) is 0 Å². The van der Waals surface area contributed by atoms with Gasteiger partial charge in [-0.2, -0.15) is 0 Å². The van der Waals surface area contributed by atoms with E-state index >= 15 is 0 Å². The van der Waals surface area contributed by atoms with E-state index in [4.69, 9.17) is 4.74 Å². The number of carbonyl (C=O) groups is 2. The molecule has 2 heterocycles. The maximum absolute atomic E-state index is 13.4. The fourth-order valence-electron chi connectivity index (χ4n) is 5.21. The summed E-state index contributed by atoms with van der Waals surface area (Å²) in [6.07, 6.45) is 0.980. The molecule has 1 aromatic carbocycles.